The molecule has 1 saturated carbocycles. The van der Waals surface area contributed by atoms with Gasteiger partial charge in [0.05, 0.1) is 11.3 Å². The summed E-state index contributed by atoms with van der Waals surface area (Å²) in [5.41, 5.74) is 7.99. The lowest BCUT2D eigenvalue weighted by molar-refractivity contribution is -0.123. The van der Waals surface area contributed by atoms with Crippen LogP contribution in [0.3, 0.4) is 0 Å². The van der Waals surface area contributed by atoms with Crippen molar-refractivity contribution < 1.29 is 14.3 Å². The molecule has 27 heavy (non-hydrogen) atoms. The molecular weight excluding hydrogens is 344 g/mol. The first kappa shape index (κ1) is 17.1. The second kappa shape index (κ2) is 7.11. The van der Waals surface area contributed by atoms with Crippen molar-refractivity contribution >= 4 is 17.5 Å². The van der Waals surface area contributed by atoms with Gasteiger partial charge in [-0.3, -0.25) is 20.4 Å². The van der Waals surface area contributed by atoms with Crippen LogP contribution in [-0.4, -0.2) is 21.2 Å². The number of imidazole rings is 1. The minimum absolute atomic E-state index is 0.0234. The largest absolute Gasteiger partial charge is 0.486 e. The van der Waals surface area contributed by atoms with Crippen LogP contribution in [0.5, 0.6) is 5.75 Å². The Labute approximate surface area is 156 Å². The van der Waals surface area contributed by atoms with Crippen molar-refractivity contribution in [2.45, 2.75) is 26.4 Å². The van der Waals surface area contributed by atoms with E-state index in [0.29, 0.717) is 11.3 Å². The Morgan fingerprint density at radius 1 is 1.19 bits per heavy atom. The van der Waals surface area contributed by atoms with Crippen LogP contribution in [0.1, 0.15) is 34.5 Å². The number of ether oxygens (including phenoxy) is 1. The van der Waals surface area contributed by atoms with Crippen molar-refractivity contribution in [3.8, 4) is 5.75 Å². The van der Waals surface area contributed by atoms with E-state index in [1.165, 1.54) is 0 Å². The first-order chi connectivity index (χ1) is 13.1. The van der Waals surface area contributed by atoms with Gasteiger partial charge < -0.3 is 9.14 Å². The van der Waals surface area contributed by atoms with Crippen molar-refractivity contribution in [2.75, 3.05) is 0 Å². The van der Waals surface area contributed by atoms with Crippen LogP contribution in [-0.2, 0) is 11.4 Å². The van der Waals surface area contributed by atoms with Gasteiger partial charge in [0.25, 0.3) is 5.91 Å². The number of fused-ring (bicyclic) bond motifs is 1. The Balaban J connectivity index is 1.44. The Hall–Kier alpha value is -3.35. The number of hydrogen-bond acceptors (Lipinski definition) is 4. The van der Waals surface area contributed by atoms with E-state index in [-0.39, 0.29) is 18.4 Å². The number of carbonyl (C=O) groups is 2. The first-order valence-corrected chi connectivity index (χ1v) is 8.87. The van der Waals surface area contributed by atoms with Crippen LogP contribution in [0.2, 0.25) is 0 Å². The SMILES string of the molecule is Cc1cccn2cc(COc3ccccc3C(=O)NNC(=O)C3CC3)nc12. The van der Waals surface area contributed by atoms with Gasteiger partial charge in [0.15, 0.2) is 0 Å². The highest BCUT2D eigenvalue weighted by Crippen LogP contribution is 2.28. The first-order valence-electron chi connectivity index (χ1n) is 8.87. The summed E-state index contributed by atoms with van der Waals surface area (Å²) in [6, 6.07) is 10.9. The Bertz CT molecular complexity index is 1010. The zero-order valence-corrected chi connectivity index (χ0v) is 14.9. The van der Waals surface area contributed by atoms with Gasteiger partial charge >= 0.3 is 0 Å². The standard InChI is InChI=1S/C20H20N4O3/c1-13-5-4-10-24-11-15(21-18(13)24)12-27-17-7-3-2-6-16(17)20(26)23-22-19(25)14-8-9-14/h2-7,10-11,14H,8-9,12H2,1H3,(H,22,25)(H,23,26). The minimum Gasteiger partial charge on any atom is -0.486 e. The summed E-state index contributed by atoms with van der Waals surface area (Å²) in [6.07, 6.45) is 5.59. The smallest absolute Gasteiger partial charge is 0.273 e. The second-order valence-electron chi connectivity index (χ2n) is 6.66. The molecule has 0 bridgehead atoms. The van der Waals surface area contributed by atoms with Gasteiger partial charge in [-0.1, -0.05) is 18.2 Å². The number of hydrogen-bond donors (Lipinski definition) is 2. The van der Waals surface area contributed by atoms with Crippen molar-refractivity contribution in [1.82, 2.24) is 20.2 Å². The van der Waals surface area contributed by atoms with Crippen molar-refractivity contribution in [3.63, 3.8) is 0 Å². The molecule has 0 radical (unpaired) electrons. The van der Waals surface area contributed by atoms with Gasteiger partial charge in [0.1, 0.15) is 18.0 Å². The van der Waals surface area contributed by atoms with Gasteiger partial charge in [-0.25, -0.2) is 4.98 Å². The molecule has 1 fully saturated rings. The van der Waals surface area contributed by atoms with Crippen molar-refractivity contribution in [1.29, 1.82) is 0 Å². The molecule has 4 rings (SSSR count). The normalized spacial score (nSPS) is 13.4. The predicted octanol–water partition coefficient (Wildman–Crippen LogP) is 2.39. The molecular formula is C20H20N4O3. The molecule has 1 aliphatic carbocycles. The number of benzene rings is 1. The van der Waals surface area contributed by atoms with Crippen LogP contribution in [0.15, 0.2) is 48.8 Å². The third-order valence-corrected chi connectivity index (χ3v) is 4.48. The van der Waals surface area contributed by atoms with E-state index in [4.69, 9.17) is 4.74 Å². The van der Waals surface area contributed by atoms with E-state index in [0.717, 1.165) is 29.7 Å². The van der Waals surface area contributed by atoms with Gasteiger partial charge in [0.2, 0.25) is 5.91 Å². The number of nitrogens with one attached hydrogen (secondary N) is 2. The summed E-state index contributed by atoms with van der Waals surface area (Å²) in [5, 5.41) is 0. The maximum atomic E-state index is 12.4. The van der Waals surface area contributed by atoms with Crippen molar-refractivity contribution in [3.05, 3.63) is 65.6 Å². The van der Waals surface area contributed by atoms with E-state index in [1.807, 2.05) is 35.9 Å². The highest BCUT2D eigenvalue weighted by atomic mass is 16.5. The lowest BCUT2D eigenvalue weighted by Crippen LogP contribution is -2.42. The van der Waals surface area contributed by atoms with Crippen LogP contribution in [0.4, 0.5) is 0 Å². The Morgan fingerprint density at radius 2 is 2.00 bits per heavy atom. The van der Waals surface area contributed by atoms with Gasteiger partial charge in [-0.05, 0) is 43.5 Å². The highest BCUT2D eigenvalue weighted by molar-refractivity contribution is 5.98. The number of nitrogens with zero attached hydrogens (tertiary/aromatic N) is 2. The summed E-state index contributed by atoms with van der Waals surface area (Å²) >= 11 is 0. The number of carbonyl (C=O) groups excluding carboxylic acids is 2. The van der Waals surface area contributed by atoms with E-state index in [2.05, 4.69) is 15.8 Å². The molecule has 0 spiro atoms. The third-order valence-electron chi connectivity index (χ3n) is 4.48. The zero-order valence-electron chi connectivity index (χ0n) is 14.9. The molecule has 7 heteroatoms. The number of aromatic nitrogens is 2. The molecule has 0 atom stereocenters. The molecule has 1 aromatic carbocycles. The molecule has 138 valence electrons. The molecule has 2 amide bonds. The summed E-state index contributed by atoms with van der Waals surface area (Å²) in [6.45, 7) is 2.24. The zero-order chi connectivity index (χ0) is 18.8. The topological polar surface area (TPSA) is 84.7 Å². The molecule has 7 nitrogen and oxygen atoms in total. The molecule has 2 heterocycles. The molecule has 2 aromatic heterocycles. The molecule has 0 saturated heterocycles. The van der Waals surface area contributed by atoms with E-state index < -0.39 is 5.91 Å². The Kier molecular flexibility index (Phi) is 4.50. The summed E-state index contributed by atoms with van der Waals surface area (Å²) in [4.78, 5) is 28.6. The fourth-order valence-electron chi connectivity index (χ4n) is 2.84. The third kappa shape index (κ3) is 3.76. The minimum atomic E-state index is -0.412. The van der Waals surface area contributed by atoms with Gasteiger partial charge in [0, 0.05) is 18.3 Å². The number of rotatable bonds is 5. The maximum Gasteiger partial charge on any atom is 0.273 e. The number of amides is 2. The van der Waals surface area contributed by atoms with Crippen LogP contribution < -0.4 is 15.6 Å². The lowest BCUT2D eigenvalue weighted by atomic mass is 10.2. The molecule has 0 unspecified atom stereocenters. The number of aryl methyl sites for hydroxylation is 1. The lowest BCUT2D eigenvalue weighted by Gasteiger charge is -2.11. The van der Waals surface area contributed by atoms with E-state index in [1.54, 1.807) is 24.3 Å². The van der Waals surface area contributed by atoms with Gasteiger partial charge in [-0.15, -0.1) is 0 Å². The number of para-hydroxylation sites is 1. The number of hydrazine groups is 1. The molecule has 3 aromatic rings. The Morgan fingerprint density at radius 3 is 2.78 bits per heavy atom. The highest BCUT2D eigenvalue weighted by Gasteiger charge is 2.30. The molecule has 1 aliphatic rings. The maximum absolute atomic E-state index is 12.4. The van der Waals surface area contributed by atoms with Gasteiger partial charge in [-0.2, -0.15) is 0 Å². The average molecular weight is 364 g/mol. The van der Waals surface area contributed by atoms with E-state index in [9.17, 15) is 9.59 Å². The summed E-state index contributed by atoms with van der Waals surface area (Å²) in [7, 11) is 0. The van der Waals surface area contributed by atoms with E-state index >= 15 is 0 Å². The predicted molar refractivity (Wildman–Crippen MR) is 99.0 cm³/mol. The summed E-state index contributed by atoms with van der Waals surface area (Å²) < 4.78 is 7.78. The fourth-order valence-corrected chi connectivity index (χ4v) is 2.84. The molecule has 2 N–H and O–H groups in total. The number of pyridine rings is 1. The average Bonchev–Trinajstić information content (AvgIpc) is 3.44. The van der Waals surface area contributed by atoms with Crippen LogP contribution >= 0.6 is 0 Å². The second-order valence-corrected chi connectivity index (χ2v) is 6.66. The van der Waals surface area contributed by atoms with Crippen molar-refractivity contribution in [2.24, 2.45) is 5.92 Å². The fraction of sp³-hybridized carbons (Fsp3) is 0.250. The van der Waals surface area contributed by atoms with Crippen LogP contribution in [0.25, 0.3) is 5.65 Å². The molecule has 0 aliphatic heterocycles. The monoisotopic (exact) mass is 364 g/mol. The summed E-state index contributed by atoms with van der Waals surface area (Å²) in [5.74, 6) is -0.105. The van der Waals surface area contributed by atoms with Crippen LogP contribution in [0, 0.1) is 12.8 Å². The quantitative estimate of drug-likeness (QED) is 0.681.